The van der Waals surface area contributed by atoms with E-state index < -0.39 is 5.79 Å². The van der Waals surface area contributed by atoms with Crippen LogP contribution >= 0.6 is 11.8 Å². The summed E-state index contributed by atoms with van der Waals surface area (Å²) >= 11 is 1.33. The van der Waals surface area contributed by atoms with Crippen molar-refractivity contribution in [1.82, 2.24) is 9.97 Å². The summed E-state index contributed by atoms with van der Waals surface area (Å²) < 4.78 is 12.0. The number of nitrogens with zero attached hydrogens (tertiary/aromatic N) is 2. The molecule has 4 rings (SSSR count). The lowest BCUT2D eigenvalue weighted by atomic mass is 10.2. The Morgan fingerprint density at radius 1 is 1.12 bits per heavy atom. The number of carbonyl (C=O) groups excluding carboxylic acids is 1. The van der Waals surface area contributed by atoms with Gasteiger partial charge in [0.1, 0.15) is 0 Å². The highest BCUT2D eigenvalue weighted by Gasteiger charge is 2.44. The molecular weight excluding hydrogens is 350 g/mol. The molecule has 1 aliphatic heterocycles. The van der Waals surface area contributed by atoms with E-state index >= 15 is 0 Å². The maximum atomic E-state index is 12.2. The van der Waals surface area contributed by atoms with Crippen LogP contribution in [0.3, 0.4) is 0 Å². The Morgan fingerprint density at radius 3 is 2.54 bits per heavy atom. The van der Waals surface area contributed by atoms with Crippen LogP contribution in [-0.4, -0.2) is 27.4 Å². The molecule has 1 saturated carbocycles. The number of nitrogens with one attached hydrogen (secondary N) is 1. The molecule has 2 heterocycles. The van der Waals surface area contributed by atoms with Crippen LogP contribution in [0.25, 0.3) is 0 Å². The van der Waals surface area contributed by atoms with E-state index in [4.69, 9.17) is 9.47 Å². The highest BCUT2D eigenvalue weighted by atomic mass is 32.2. The first-order valence-electron chi connectivity index (χ1n) is 8.78. The number of aromatic nitrogens is 2. The Balaban J connectivity index is 1.37. The number of benzene rings is 1. The van der Waals surface area contributed by atoms with Gasteiger partial charge in [0.05, 0.1) is 5.75 Å². The zero-order valence-electron chi connectivity index (χ0n) is 14.9. The van der Waals surface area contributed by atoms with Gasteiger partial charge in [0.25, 0.3) is 5.79 Å². The highest BCUT2D eigenvalue weighted by Crippen LogP contribution is 2.47. The lowest BCUT2D eigenvalue weighted by Crippen LogP contribution is -2.34. The van der Waals surface area contributed by atoms with E-state index in [0.29, 0.717) is 16.6 Å². The fraction of sp³-hybridized carbons (Fsp3) is 0.421. The average molecular weight is 371 g/mol. The van der Waals surface area contributed by atoms with E-state index in [1.165, 1.54) is 11.8 Å². The number of fused-ring (bicyclic) bond motifs is 1. The Hall–Kier alpha value is -2.28. The summed E-state index contributed by atoms with van der Waals surface area (Å²) in [4.78, 5) is 20.9. The molecule has 1 amide bonds. The first-order valence-corrected chi connectivity index (χ1v) is 9.77. The molecule has 0 bridgehead atoms. The minimum Gasteiger partial charge on any atom is -0.448 e. The molecule has 0 atom stereocenters. The molecule has 1 aromatic heterocycles. The van der Waals surface area contributed by atoms with Crippen molar-refractivity contribution in [2.45, 2.75) is 50.5 Å². The van der Waals surface area contributed by atoms with Crippen LogP contribution in [0.1, 0.15) is 37.1 Å². The minimum absolute atomic E-state index is 0.104. The van der Waals surface area contributed by atoms with Gasteiger partial charge in [-0.15, -0.1) is 0 Å². The minimum atomic E-state index is -0.485. The van der Waals surface area contributed by atoms with Crippen molar-refractivity contribution < 1.29 is 14.3 Å². The second kappa shape index (κ2) is 6.79. The third kappa shape index (κ3) is 3.62. The van der Waals surface area contributed by atoms with Crippen LogP contribution < -0.4 is 14.8 Å². The van der Waals surface area contributed by atoms with Gasteiger partial charge in [-0.1, -0.05) is 11.8 Å². The first kappa shape index (κ1) is 17.1. The summed E-state index contributed by atoms with van der Waals surface area (Å²) in [6.07, 6.45) is 4.07. The second-order valence-corrected chi connectivity index (χ2v) is 7.70. The van der Waals surface area contributed by atoms with E-state index in [9.17, 15) is 4.79 Å². The average Bonchev–Trinajstić information content (AvgIpc) is 3.18. The Kier molecular flexibility index (Phi) is 4.48. The maximum absolute atomic E-state index is 12.2. The monoisotopic (exact) mass is 371 g/mol. The molecule has 2 aliphatic rings. The van der Waals surface area contributed by atoms with Crippen molar-refractivity contribution in [3.63, 3.8) is 0 Å². The zero-order valence-corrected chi connectivity index (χ0v) is 15.7. The van der Waals surface area contributed by atoms with Gasteiger partial charge in [0.2, 0.25) is 5.91 Å². The summed E-state index contributed by atoms with van der Waals surface area (Å²) in [5.41, 5.74) is 2.50. The van der Waals surface area contributed by atoms with E-state index in [0.717, 1.165) is 42.8 Å². The van der Waals surface area contributed by atoms with Crippen molar-refractivity contribution in [2.75, 3.05) is 11.1 Å². The molecule has 7 heteroatoms. The smallest absolute Gasteiger partial charge is 0.251 e. The van der Waals surface area contributed by atoms with Gasteiger partial charge in [-0.3, -0.25) is 4.79 Å². The second-order valence-electron chi connectivity index (χ2n) is 6.75. The van der Waals surface area contributed by atoms with Crippen molar-refractivity contribution >= 4 is 23.4 Å². The lowest BCUT2D eigenvalue weighted by molar-refractivity contribution is -0.113. The molecule has 2 aromatic rings. The molecule has 1 N–H and O–H groups in total. The predicted molar refractivity (Wildman–Crippen MR) is 99.8 cm³/mol. The molecule has 0 saturated heterocycles. The number of carbonyl (C=O) groups is 1. The van der Waals surface area contributed by atoms with Gasteiger partial charge in [-0.2, -0.15) is 0 Å². The molecule has 1 fully saturated rings. The molecule has 1 aliphatic carbocycles. The molecule has 1 spiro atoms. The van der Waals surface area contributed by atoms with Gasteiger partial charge in [0.15, 0.2) is 16.7 Å². The lowest BCUT2D eigenvalue weighted by Gasteiger charge is -2.21. The van der Waals surface area contributed by atoms with Crippen molar-refractivity contribution in [3.8, 4) is 11.5 Å². The highest BCUT2D eigenvalue weighted by molar-refractivity contribution is 7.99. The van der Waals surface area contributed by atoms with Crippen LogP contribution in [0.2, 0.25) is 0 Å². The Morgan fingerprint density at radius 2 is 1.81 bits per heavy atom. The molecule has 1 aromatic carbocycles. The number of aryl methyl sites for hydroxylation is 2. The molecule has 0 radical (unpaired) electrons. The summed E-state index contributed by atoms with van der Waals surface area (Å²) in [6, 6.07) is 7.44. The third-order valence-electron chi connectivity index (χ3n) is 4.48. The van der Waals surface area contributed by atoms with Crippen LogP contribution in [0.15, 0.2) is 29.4 Å². The Bertz CT molecular complexity index is 830. The number of hydrogen-bond acceptors (Lipinski definition) is 6. The maximum Gasteiger partial charge on any atom is 0.251 e. The number of amides is 1. The topological polar surface area (TPSA) is 73.3 Å². The van der Waals surface area contributed by atoms with Gasteiger partial charge in [-0.05, 0) is 44.9 Å². The zero-order chi connectivity index (χ0) is 18.1. The number of hydrogen-bond donors (Lipinski definition) is 1. The number of thioether (sulfide) groups is 1. The van der Waals surface area contributed by atoms with E-state index in [-0.39, 0.29) is 11.7 Å². The van der Waals surface area contributed by atoms with Gasteiger partial charge in [-0.25, -0.2) is 9.97 Å². The van der Waals surface area contributed by atoms with E-state index in [2.05, 4.69) is 15.3 Å². The summed E-state index contributed by atoms with van der Waals surface area (Å²) in [7, 11) is 0. The number of ether oxygens (including phenoxy) is 2. The standard InChI is InChI=1S/C19H21N3O3S/c1-12-9-13(2)21-18(20-12)26-11-17(23)22-14-5-6-15-16(10-14)25-19(24-15)7-3-4-8-19/h5-6,9-10H,3-4,7-8,11H2,1-2H3,(H,22,23). The van der Waals surface area contributed by atoms with Crippen LogP contribution in [-0.2, 0) is 4.79 Å². The molecule has 136 valence electrons. The van der Waals surface area contributed by atoms with Gasteiger partial charge >= 0.3 is 0 Å². The van der Waals surface area contributed by atoms with Gasteiger partial charge < -0.3 is 14.8 Å². The van der Waals surface area contributed by atoms with Crippen LogP contribution in [0.5, 0.6) is 11.5 Å². The van der Waals surface area contributed by atoms with Crippen molar-refractivity contribution in [3.05, 3.63) is 35.7 Å². The summed E-state index contributed by atoms with van der Waals surface area (Å²) in [5, 5.41) is 3.52. The molecule has 0 unspecified atom stereocenters. The fourth-order valence-electron chi connectivity index (χ4n) is 3.37. The van der Waals surface area contributed by atoms with Crippen molar-refractivity contribution in [1.29, 1.82) is 0 Å². The largest absolute Gasteiger partial charge is 0.448 e. The number of rotatable bonds is 4. The first-order chi connectivity index (χ1) is 12.5. The molecule has 6 nitrogen and oxygen atoms in total. The normalized spacial score (nSPS) is 16.8. The van der Waals surface area contributed by atoms with E-state index in [1.807, 2.05) is 38.1 Å². The number of anilines is 1. The van der Waals surface area contributed by atoms with E-state index in [1.54, 1.807) is 0 Å². The Labute approximate surface area is 156 Å². The van der Waals surface area contributed by atoms with Gasteiger partial charge in [0, 0.05) is 36.0 Å². The van der Waals surface area contributed by atoms with Crippen molar-refractivity contribution in [2.24, 2.45) is 0 Å². The SMILES string of the molecule is Cc1cc(C)nc(SCC(=O)Nc2ccc3c(c2)OC2(CCCC2)O3)n1. The summed E-state index contributed by atoms with van der Waals surface area (Å²) in [5.74, 6) is 1.12. The quantitative estimate of drug-likeness (QED) is 0.650. The molecule has 26 heavy (non-hydrogen) atoms. The van der Waals surface area contributed by atoms with Crippen LogP contribution in [0, 0.1) is 13.8 Å². The predicted octanol–water partition coefficient (Wildman–Crippen LogP) is 3.87. The van der Waals surface area contributed by atoms with Crippen LogP contribution in [0.4, 0.5) is 5.69 Å². The molecular formula is C19H21N3O3S. The fourth-order valence-corrected chi connectivity index (χ4v) is 4.12. The summed E-state index contributed by atoms with van der Waals surface area (Å²) in [6.45, 7) is 3.84. The third-order valence-corrected chi connectivity index (χ3v) is 5.33.